The van der Waals surface area contributed by atoms with E-state index in [0.29, 0.717) is 5.02 Å². The Kier molecular flexibility index (Phi) is 5.73. The SMILES string of the molecule is Nc1ccc(Cl)nc1NC(=O)Cn1cc(C(=O)c2ccc(Cl)cc2Cl)[nH]c1=O. The molecule has 1 aromatic carbocycles. The number of aromatic amines is 1. The lowest BCUT2D eigenvalue weighted by molar-refractivity contribution is -0.116. The number of aromatic nitrogens is 3. The predicted octanol–water partition coefficient (Wildman–Crippen LogP) is 2.98. The van der Waals surface area contributed by atoms with Gasteiger partial charge in [0.25, 0.3) is 0 Å². The molecule has 3 aromatic rings. The highest BCUT2D eigenvalue weighted by Gasteiger charge is 2.18. The highest BCUT2D eigenvalue weighted by Crippen LogP contribution is 2.23. The number of anilines is 2. The van der Waals surface area contributed by atoms with Gasteiger partial charge in [0.15, 0.2) is 5.82 Å². The van der Waals surface area contributed by atoms with Crippen LogP contribution < -0.4 is 16.7 Å². The molecule has 0 aliphatic rings. The second kappa shape index (κ2) is 8.05. The van der Waals surface area contributed by atoms with Crippen molar-refractivity contribution in [3.63, 3.8) is 0 Å². The smallest absolute Gasteiger partial charge is 0.326 e. The van der Waals surface area contributed by atoms with Gasteiger partial charge in [-0.05, 0) is 30.3 Å². The molecule has 0 spiro atoms. The van der Waals surface area contributed by atoms with Gasteiger partial charge in [-0.3, -0.25) is 14.2 Å². The maximum Gasteiger partial charge on any atom is 0.326 e. The molecule has 4 N–H and O–H groups in total. The van der Waals surface area contributed by atoms with E-state index in [2.05, 4.69) is 15.3 Å². The number of nitrogens with one attached hydrogen (secondary N) is 2. The average molecular weight is 441 g/mol. The van der Waals surface area contributed by atoms with E-state index in [4.69, 9.17) is 40.5 Å². The van der Waals surface area contributed by atoms with Crippen molar-refractivity contribution >= 4 is 58.0 Å². The number of imidazole rings is 1. The Labute approximate surface area is 173 Å². The molecule has 0 saturated carbocycles. The van der Waals surface area contributed by atoms with Gasteiger partial charge in [-0.1, -0.05) is 34.8 Å². The summed E-state index contributed by atoms with van der Waals surface area (Å²) in [6.45, 7) is -0.370. The minimum Gasteiger partial charge on any atom is -0.396 e. The Morgan fingerprint density at radius 1 is 1.18 bits per heavy atom. The molecule has 2 aromatic heterocycles. The van der Waals surface area contributed by atoms with Crippen LogP contribution in [0.4, 0.5) is 11.5 Å². The lowest BCUT2D eigenvalue weighted by Crippen LogP contribution is -2.26. The number of nitrogen functional groups attached to an aromatic ring is 1. The number of nitrogens with zero attached hydrogens (tertiary/aromatic N) is 2. The molecule has 0 unspecified atom stereocenters. The van der Waals surface area contributed by atoms with Gasteiger partial charge in [0, 0.05) is 16.8 Å². The van der Waals surface area contributed by atoms with E-state index in [0.717, 1.165) is 4.57 Å². The molecule has 1 amide bonds. The molecule has 144 valence electrons. The Bertz CT molecular complexity index is 1140. The number of benzene rings is 1. The van der Waals surface area contributed by atoms with Gasteiger partial charge in [-0.25, -0.2) is 9.78 Å². The Balaban J connectivity index is 1.78. The Morgan fingerprint density at radius 3 is 2.64 bits per heavy atom. The van der Waals surface area contributed by atoms with Crippen LogP contribution in [0.25, 0.3) is 0 Å². The number of pyridine rings is 1. The first kappa shape index (κ1) is 19.9. The normalized spacial score (nSPS) is 10.7. The van der Waals surface area contributed by atoms with Crippen molar-refractivity contribution in [2.45, 2.75) is 6.54 Å². The highest BCUT2D eigenvalue weighted by atomic mass is 35.5. The lowest BCUT2D eigenvalue weighted by Gasteiger charge is -2.07. The van der Waals surface area contributed by atoms with Crippen LogP contribution in [0, 0.1) is 0 Å². The zero-order valence-corrected chi connectivity index (χ0v) is 16.3. The number of amides is 1. The van der Waals surface area contributed by atoms with Crippen molar-refractivity contribution < 1.29 is 9.59 Å². The number of rotatable bonds is 5. The van der Waals surface area contributed by atoms with Crippen molar-refractivity contribution in [1.82, 2.24) is 14.5 Å². The molecule has 0 radical (unpaired) electrons. The molecule has 0 saturated heterocycles. The molecule has 0 bridgehead atoms. The zero-order valence-electron chi connectivity index (χ0n) is 14.0. The summed E-state index contributed by atoms with van der Waals surface area (Å²) in [4.78, 5) is 43.1. The number of carbonyl (C=O) groups is 2. The van der Waals surface area contributed by atoms with Gasteiger partial charge in [0.05, 0.1) is 10.7 Å². The van der Waals surface area contributed by atoms with Gasteiger partial charge in [0.1, 0.15) is 17.4 Å². The van der Waals surface area contributed by atoms with E-state index in [1.165, 1.54) is 36.5 Å². The number of hydrogen-bond donors (Lipinski definition) is 3. The van der Waals surface area contributed by atoms with Crippen LogP contribution in [-0.2, 0) is 11.3 Å². The lowest BCUT2D eigenvalue weighted by atomic mass is 10.1. The van der Waals surface area contributed by atoms with Crippen molar-refractivity contribution in [1.29, 1.82) is 0 Å². The van der Waals surface area contributed by atoms with Crippen molar-refractivity contribution in [2.24, 2.45) is 0 Å². The molecular weight excluding hydrogens is 429 g/mol. The molecule has 28 heavy (non-hydrogen) atoms. The largest absolute Gasteiger partial charge is 0.396 e. The van der Waals surface area contributed by atoms with Crippen LogP contribution in [0.2, 0.25) is 15.2 Å². The fourth-order valence-electron chi connectivity index (χ4n) is 2.36. The van der Waals surface area contributed by atoms with Crippen LogP contribution in [0.1, 0.15) is 16.1 Å². The third-order valence-corrected chi connectivity index (χ3v) is 4.43. The number of carbonyl (C=O) groups excluding carboxylic acids is 2. The van der Waals surface area contributed by atoms with Crippen molar-refractivity contribution in [3.05, 3.63) is 73.5 Å². The third kappa shape index (κ3) is 4.36. The monoisotopic (exact) mass is 439 g/mol. The molecule has 0 aliphatic heterocycles. The van der Waals surface area contributed by atoms with E-state index in [-0.39, 0.29) is 39.5 Å². The third-order valence-electron chi connectivity index (χ3n) is 3.67. The topological polar surface area (TPSA) is 123 Å². The Hall–Kier alpha value is -2.81. The number of halogens is 3. The molecule has 11 heteroatoms. The minimum absolute atomic E-state index is 0.0255. The molecule has 0 aliphatic carbocycles. The summed E-state index contributed by atoms with van der Waals surface area (Å²) in [5.41, 5.74) is 5.43. The Morgan fingerprint density at radius 2 is 1.93 bits per heavy atom. The summed E-state index contributed by atoms with van der Waals surface area (Å²) in [5, 5.41) is 3.13. The van der Waals surface area contributed by atoms with Gasteiger partial charge in [-0.15, -0.1) is 0 Å². The number of nitrogens with two attached hydrogens (primary N) is 1. The zero-order chi connectivity index (χ0) is 20.4. The maximum absolute atomic E-state index is 12.6. The van der Waals surface area contributed by atoms with Crippen LogP contribution in [0.15, 0.2) is 41.3 Å². The molecule has 3 rings (SSSR count). The maximum atomic E-state index is 12.6. The van der Waals surface area contributed by atoms with Gasteiger partial charge < -0.3 is 16.0 Å². The van der Waals surface area contributed by atoms with Gasteiger partial charge in [-0.2, -0.15) is 0 Å². The summed E-state index contributed by atoms with van der Waals surface area (Å²) in [6.07, 6.45) is 1.23. The summed E-state index contributed by atoms with van der Waals surface area (Å²) >= 11 is 17.6. The molecular formula is C17H12Cl3N5O3. The van der Waals surface area contributed by atoms with E-state index in [1.807, 2.05) is 0 Å². The summed E-state index contributed by atoms with van der Waals surface area (Å²) in [6, 6.07) is 7.33. The molecule has 0 fully saturated rings. The van der Waals surface area contributed by atoms with Crippen molar-refractivity contribution in [2.75, 3.05) is 11.1 Å². The summed E-state index contributed by atoms with van der Waals surface area (Å²) in [5.74, 6) is -1.02. The minimum atomic E-state index is -0.643. The van der Waals surface area contributed by atoms with Gasteiger partial charge in [0.2, 0.25) is 11.7 Å². The standard InChI is InChI=1S/C17H12Cl3N5O3/c18-8-1-2-9(10(19)5-8)15(27)12-6-25(17(28)22-12)7-14(26)24-16-11(21)3-4-13(20)23-16/h1-6H,7,21H2,(H,22,28)(H,23,24,26). The fraction of sp³-hybridized carbons (Fsp3) is 0.0588. The number of H-pyrrole nitrogens is 1. The van der Waals surface area contributed by atoms with E-state index in [1.54, 1.807) is 0 Å². The second-order valence-electron chi connectivity index (χ2n) is 5.67. The first-order valence-electron chi connectivity index (χ1n) is 7.75. The first-order valence-corrected chi connectivity index (χ1v) is 8.89. The second-order valence-corrected chi connectivity index (χ2v) is 6.90. The quantitative estimate of drug-likeness (QED) is 0.416. The molecule has 2 heterocycles. The van der Waals surface area contributed by atoms with E-state index < -0.39 is 17.4 Å². The highest BCUT2D eigenvalue weighted by molar-refractivity contribution is 6.37. The number of ketones is 1. The molecule has 8 nitrogen and oxygen atoms in total. The molecule has 0 atom stereocenters. The van der Waals surface area contributed by atoms with Crippen molar-refractivity contribution in [3.8, 4) is 0 Å². The van der Waals surface area contributed by atoms with Crippen LogP contribution >= 0.6 is 34.8 Å². The van der Waals surface area contributed by atoms with E-state index in [9.17, 15) is 14.4 Å². The summed E-state index contributed by atoms with van der Waals surface area (Å²) in [7, 11) is 0. The average Bonchev–Trinajstić information content (AvgIpc) is 2.98. The first-order chi connectivity index (χ1) is 13.2. The van der Waals surface area contributed by atoms with Crippen LogP contribution in [-0.4, -0.2) is 26.2 Å². The van der Waals surface area contributed by atoms with Crippen LogP contribution in [0.5, 0.6) is 0 Å². The van der Waals surface area contributed by atoms with Gasteiger partial charge >= 0.3 is 5.69 Å². The predicted molar refractivity (Wildman–Crippen MR) is 107 cm³/mol. The fourth-order valence-corrected chi connectivity index (χ4v) is 3.00. The van der Waals surface area contributed by atoms with Crippen LogP contribution in [0.3, 0.4) is 0 Å². The summed E-state index contributed by atoms with van der Waals surface area (Å²) < 4.78 is 1.03. The van der Waals surface area contributed by atoms with E-state index >= 15 is 0 Å². The number of hydrogen-bond acceptors (Lipinski definition) is 5.